The first-order valence-electron chi connectivity index (χ1n) is 18.1. The normalized spacial score (nSPS) is 24.6. The highest BCUT2D eigenvalue weighted by atomic mass is 19.1. The fourth-order valence-electron chi connectivity index (χ4n) is 8.55. The highest BCUT2D eigenvalue weighted by Gasteiger charge is 2.49. The van der Waals surface area contributed by atoms with Crippen molar-refractivity contribution < 1.29 is 37.0 Å². The number of aryl methyl sites for hydroxylation is 1. The Balaban J connectivity index is 1.32. The molecule has 0 radical (unpaired) electrons. The van der Waals surface area contributed by atoms with Crippen molar-refractivity contribution in [2.45, 2.75) is 69.1 Å². The molecule has 2 aromatic heterocycles. The summed E-state index contributed by atoms with van der Waals surface area (Å²) in [5.74, 6) is -0.847. The number of aromatic nitrogens is 3. The number of rotatable bonds is 4. The topological polar surface area (TPSA) is 122 Å². The number of hydrogen-bond donors (Lipinski definition) is 1. The van der Waals surface area contributed by atoms with Crippen LogP contribution in [0.2, 0.25) is 0 Å². The highest BCUT2D eigenvalue weighted by molar-refractivity contribution is 6.02. The first-order chi connectivity index (χ1) is 25.4. The van der Waals surface area contributed by atoms with Crippen molar-refractivity contribution in [2.24, 2.45) is 0 Å². The van der Waals surface area contributed by atoms with Gasteiger partial charge in [-0.05, 0) is 86.5 Å². The quantitative estimate of drug-likeness (QED) is 0.261. The molecule has 5 aliphatic heterocycles. The third kappa shape index (κ3) is 6.53. The van der Waals surface area contributed by atoms with Gasteiger partial charge >= 0.3 is 18.2 Å². The molecule has 1 N–H and O–H groups in total. The van der Waals surface area contributed by atoms with Crippen LogP contribution < -0.4 is 19.7 Å². The van der Waals surface area contributed by atoms with Gasteiger partial charge in [-0.1, -0.05) is 6.07 Å². The molecule has 2 aromatic carbocycles. The average molecular weight is 734 g/mol. The van der Waals surface area contributed by atoms with Gasteiger partial charge in [-0.2, -0.15) is 9.97 Å². The number of nitrogens with one attached hydrogen (secondary N) is 1. The molecular formula is C38H42F3N7O5. The van der Waals surface area contributed by atoms with Crippen LogP contribution in [0.15, 0.2) is 30.5 Å². The van der Waals surface area contributed by atoms with Crippen molar-refractivity contribution in [3.63, 3.8) is 0 Å². The summed E-state index contributed by atoms with van der Waals surface area (Å²) in [6.07, 6.45) is 3.09. The van der Waals surface area contributed by atoms with Crippen LogP contribution in [0.5, 0.6) is 11.8 Å². The molecule has 3 atom stereocenters. The summed E-state index contributed by atoms with van der Waals surface area (Å²) in [6.45, 7) is 4.07. The number of amides is 2. The molecule has 0 unspecified atom stereocenters. The van der Waals surface area contributed by atoms with Crippen LogP contribution in [-0.2, 0) is 11.2 Å². The monoisotopic (exact) mass is 733 g/mol. The zero-order valence-electron chi connectivity index (χ0n) is 30.0. The number of alkyl halides is 1. The summed E-state index contributed by atoms with van der Waals surface area (Å²) in [7, 11) is 3.08. The molecule has 9 rings (SSSR count). The van der Waals surface area contributed by atoms with E-state index in [9.17, 15) is 14.0 Å². The lowest BCUT2D eigenvalue weighted by molar-refractivity contribution is 0.107. The molecule has 4 aromatic rings. The maximum Gasteiger partial charge on any atom is 0.414 e. The molecule has 6 bridgehead atoms. The minimum Gasteiger partial charge on any atom is -0.461 e. The maximum absolute atomic E-state index is 17.3. The number of nitrogens with zero attached hydrogens (tertiary/aromatic N) is 6. The summed E-state index contributed by atoms with van der Waals surface area (Å²) >= 11 is 0. The van der Waals surface area contributed by atoms with Crippen LogP contribution in [0.4, 0.5) is 28.6 Å². The van der Waals surface area contributed by atoms with Crippen LogP contribution in [0, 0.1) is 11.6 Å². The molecule has 12 nitrogen and oxygen atoms in total. The number of alkyl carbamates (subject to hydrolysis) is 1. The number of halogens is 3. The second-order valence-electron chi connectivity index (χ2n) is 15.2. The molecule has 53 heavy (non-hydrogen) atoms. The standard InChI is InChI=1S/C38H42F3N7O5/c1-37-10-5-12-47(20-37)33-27-18-42-31(30(41)32(27)43-34(44-33)52-21-38-11-6-13-48(38)19-23(39)17-38)26-16-24(53-36(50)46(2)3)15-22-8-9-28(40)25(29(22)26)7-4-14-51-35(49)45-37/h8-9,15-16,18,23H,4-7,10-14,17,19-21H2,1-3H3,(H,45,49)/t23-,37-,38+/m1/s1. The summed E-state index contributed by atoms with van der Waals surface area (Å²) in [6, 6.07) is 5.82. The van der Waals surface area contributed by atoms with E-state index >= 15 is 8.78 Å². The second-order valence-corrected chi connectivity index (χ2v) is 15.2. The van der Waals surface area contributed by atoms with Crippen LogP contribution in [0.3, 0.4) is 0 Å². The Morgan fingerprint density at radius 2 is 1.96 bits per heavy atom. The number of anilines is 1. The molecule has 0 saturated carbocycles. The van der Waals surface area contributed by atoms with Crippen molar-refractivity contribution in [3.05, 3.63) is 47.7 Å². The summed E-state index contributed by atoms with van der Waals surface area (Å²) in [5, 5.41) is 4.18. The molecule has 0 spiro atoms. The van der Waals surface area contributed by atoms with Gasteiger partial charge in [0, 0.05) is 51.9 Å². The van der Waals surface area contributed by atoms with E-state index in [1.54, 1.807) is 6.07 Å². The lowest BCUT2D eigenvalue weighted by Gasteiger charge is -2.41. The second kappa shape index (κ2) is 13.5. The molecule has 3 saturated heterocycles. The van der Waals surface area contributed by atoms with E-state index in [1.165, 1.54) is 43.4 Å². The van der Waals surface area contributed by atoms with Crippen LogP contribution in [-0.4, -0.2) is 108 Å². The van der Waals surface area contributed by atoms with Gasteiger partial charge in [0.2, 0.25) is 0 Å². The van der Waals surface area contributed by atoms with Crippen molar-refractivity contribution in [1.29, 1.82) is 0 Å². The minimum atomic E-state index is -0.961. The fourth-order valence-corrected chi connectivity index (χ4v) is 8.55. The highest BCUT2D eigenvalue weighted by Crippen LogP contribution is 2.42. The Bertz CT molecular complexity index is 2120. The van der Waals surface area contributed by atoms with E-state index in [0.29, 0.717) is 60.9 Å². The largest absolute Gasteiger partial charge is 0.461 e. The Labute approximate surface area is 304 Å². The van der Waals surface area contributed by atoms with Crippen LogP contribution in [0.1, 0.15) is 51.0 Å². The van der Waals surface area contributed by atoms with Gasteiger partial charge in [0.1, 0.15) is 41.4 Å². The number of fused-ring (bicyclic) bond motifs is 7. The predicted molar refractivity (Wildman–Crippen MR) is 191 cm³/mol. The summed E-state index contributed by atoms with van der Waals surface area (Å²) in [5.41, 5.74) is -0.965. The zero-order valence-corrected chi connectivity index (χ0v) is 30.0. The molecule has 280 valence electrons. The fraction of sp³-hybridized carbons (Fsp3) is 0.500. The predicted octanol–water partition coefficient (Wildman–Crippen LogP) is 6.17. The zero-order chi connectivity index (χ0) is 37.1. The van der Waals surface area contributed by atoms with Crippen LogP contribution in [0.25, 0.3) is 32.9 Å². The Kier molecular flexibility index (Phi) is 8.94. The van der Waals surface area contributed by atoms with Gasteiger partial charge in [0.25, 0.3) is 0 Å². The number of carbonyl (C=O) groups excluding carboxylic acids is 2. The molecule has 5 aliphatic rings. The van der Waals surface area contributed by atoms with Crippen LogP contribution >= 0.6 is 0 Å². The molecular weight excluding hydrogens is 691 g/mol. The SMILES string of the molecule is CN(C)C(=O)Oc1cc2c3c(c(F)ccc3c1)CCCOC(=O)N[C@]1(C)CCCN(C1)c1nc(OC[C@@]34CCCN3C[C@H](F)C4)nc3c(F)c-2ncc13. The number of piperidine rings is 1. The lowest BCUT2D eigenvalue weighted by atomic mass is 9.91. The molecule has 2 amide bonds. The number of hydrogen-bond acceptors (Lipinski definition) is 10. The minimum absolute atomic E-state index is 0.0176. The third-order valence-corrected chi connectivity index (χ3v) is 11.0. The van der Waals surface area contributed by atoms with Gasteiger partial charge in [-0.15, -0.1) is 0 Å². The lowest BCUT2D eigenvalue weighted by Crippen LogP contribution is -2.57. The van der Waals surface area contributed by atoms with Crippen molar-refractivity contribution in [1.82, 2.24) is 30.1 Å². The number of ether oxygens (including phenoxy) is 3. The van der Waals surface area contributed by atoms with E-state index < -0.39 is 41.1 Å². The average Bonchev–Trinajstić information content (AvgIpc) is 3.64. The Hall–Kier alpha value is -4.92. The molecule has 15 heteroatoms. The smallest absolute Gasteiger partial charge is 0.414 e. The first kappa shape index (κ1) is 35.1. The number of carbonyl (C=O) groups is 2. The van der Waals surface area contributed by atoms with Gasteiger partial charge < -0.3 is 29.3 Å². The van der Waals surface area contributed by atoms with E-state index in [0.717, 1.165) is 19.4 Å². The van der Waals surface area contributed by atoms with Crippen molar-refractivity contribution >= 4 is 39.7 Å². The molecule has 3 fully saturated rings. The number of benzene rings is 2. The van der Waals surface area contributed by atoms with E-state index in [4.69, 9.17) is 19.2 Å². The van der Waals surface area contributed by atoms with E-state index in [1.807, 2.05) is 11.8 Å². The molecule has 7 heterocycles. The van der Waals surface area contributed by atoms with Gasteiger partial charge in [-0.25, -0.2) is 22.8 Å². The molecule has 0 aliphatic carbocycles. The first-order valence-corrected chi connectivity index (χ1v) is 18.1. The Morgan fingerprint density at radius 1 is 1.13 bits per heavy atom. The summed E-state index contributed by atoms with van der Waals surface area (Å²) in [4.78, 5) is 45.1. The van der Waals surface area contributed by atoms with E-state index in [-0.39, 0.29) is 60.2 Å². The van der Waals surface area contributed by atoms with Gasteiger partial charge in [-0.3, -0.25) is 9.88 Å². The summed E-state index contributed by atoms with van der Waals surface area (Å²) < 4.78 is 65.2. The van der Waals surface area contributed by atoms with Gasteiger partial charge in [0.05, 0.1) is 23.1 Å². The van der Waals surface area contributed by atoms with E-state index in [2.05, 4.69) is 20.2 Å². The van der Waals surface area contributed by atoms with Crippen molar-refractivity contribution in [2.75, 3.05) is 58.4 Å². The third-order valence-electron chi connectivity index (χ3n) is 11.0. The maximum atomic E-state index is 17.3. The Morgan fingerprint density at radius 3 is 2.79 bits per heavy atom. The van der Waals surface area contributed by atoms with Gasteiger partial charge in [0.15, 0.2) is 5.82 Å². The van der Waals surface area contributed by atoms with Crippen molar-refractivity contribution in [3.8, 4) is 23.0 Å². The number of pyridine rings is 1.